The Morgan fingerprint density at radius 1 is 0.840 bits per heavy atom. The molecule has 3 aliphatic carbocycles. The number of anilines is 1. The zero-order chi connectivity index (χ0) is 35.4. The highest BCUT2D eigenvalue weighted by Gasteiger charge is 2.56. The lowest BCUT2D eigenvalue weighted by Gasteiger charge is -2.42. The smallest absolute Gasteiger partial charge is 0.238 e. The van der Waals surface area contributed by atoms with Crippen LogP contribution in [0.5, 0.6) is 23.0 Å². The van der Waals surface area contributed by atoms with Crippen LogP contribution in [0.1, 0.15) is 35.4 Å². The maximum Gasteiger partial charge on any atom is 0.238 e. The number of benzene rings is 3. The van der Waals surface area contributed by atoms with Crippen LogP contribution in [0.3, 0.4) is 0 Å². The topological polar surface area (TPSA) is 119 Å². The van der Waals surface area contributed by atoms with Gasteiger partial charge in [0, 0.05) is 28.7 Å². The van der Waals surface area contributed by atoms with Gasteiger partial charge in [0.05, 0.1) is 47.8 Å². The molecule has 4 aliphatic rings. The molecule has 7 rings (SSSR count). The number of rotatable bonds is 7. The highest BCUT2D eigenvalue weighted by molar-refractivity contribution is 9.12. The lowest BCUT2D eigenvalue weighted by Crippen LogP contribution is -2.39. The predicted octanol–water partition coefficient (Wildman–Crippen LogP) is 7.32. The van der Waals surface area contributed by atoms with Crippen molar-refractivity contribution in [1.82, 2.24) is 0 Å². The van der Waals surface area contributed by atoms with E-state index in [0.717, 1.165) is 16.7 Å². The van der Waals surface area contributed by atoms with Crippen molar-refractivity contribution in [1.29, 1.82) is 0 Å². The number of carbonyl (C=O) groups is 4. The van der Waals surface area contributed by atoms with Gasteiger partial charge in [-0.25, -0.2) is 0 Å². The van der Waals surface area contributed by atoms with Gasteiger partial charge in [-0.05, 0) is 104 Å². The molecular weight excluding hydrogens is 770 g/mol. The van der Waals surface area contributed by atoms with Gasteiger partial charge in [-0.15, -0.1) is 0 Å². The molecular formula is C39H31Br2NO8. The minimum atomic E-state index is -0.728. The molecule has 254 valence electrons. The Balaban J connectivity index is 1.22. The number of methoxy groups -OCH3 is 3. The Bertz CT molecular complexity index is 2110. The fraction of sp³-hybridized carbons (Fsp3) is 0.231. The largest absolute Gasteiger partial charge is 0.503 e. The zero-order valence-corrected chi connectivity index (χ0v) is 30.4. The van der Waals surface area contributed by atoms with Crippen LogP contribution in [0.4, 0.5) is 5.69 Å². The fourth-order valence-electron chi connectivity index (χ4n) is 7.65. The van der Waals surface area contributed by atoms with Gasteiger partial charge in [-0.2, -0.15) is 0 Å². The number of Topliss-reactive ketones (excluding diaryl/α,β-unsaturated/α-hetero) is 1. The molecule has 4 unspecified atom stereocenters. The van der Waals surface area contributed by atoms with Crippen molar-refractivity contribution < 1.29 is 38.5 Å². The van der Waals surface area contributed by atoms with Gasteiger partial charge in [0.2, 0.25) is 11.8 Å². The van der Waals surface area contributed by atoms with E-state index in [2.05, 4.69) is 31.9 Å². The van der Waals surface area contributed by atoms with Gasteiger partial charge in [-0.3, -0.25) is 24.1 Å². The number of ether oxygens (including phenoxy) is 3. The van der Waals surface area contributed by atoms with Crippen LogP contribution in [0.25, 0.3) is 12.2 Å². The average molecular weight is 801 g/mol. The van der Waals surface area contributed by atoms with E-state index >= 15 is 0 Å². The second-order valence-electron chi connectivity index (χ2n) is 12.5. The summed E-state index contributed by atoms with van der Waals surface area (Å²) in [5, 5.41) is 10.5. The van der Waals surface area contributed by atoms with Crippen molar-refractivity contribution in [2.45, 2.75) is 18.8 Å². The molecule has 0 aromatic heterocycles. The van der Waals surface area contributed by atoms with Crippen LogP contribution in [0.2, 0.25) is 0 Å². The number of amides is 2. The maximum absolute atomic E-state index is 14.3. The van der Waals surface area contributed by atoms with Crippen LogP contribution in [0.15, 0.2) is 92.4 Å². The van der Waals surface area contributed by atoms with Gasteiger partial charge in [0.15, 0.2) is 23.1 Å². The van der Waals surface area contributed by atoms with Gasteiger partial charge in [0.1, 0.15) is 11.5 Å². The van der Waals surface area contributed by atoms with E-state index in [4.69, 9.17) is 14.2 Å². The SMILES string of the molecule is COc1ccc(OC)c(C=Cc2ccc(N3C(=O)C4CC=C5C(c6cc(Br)c(O)c(OC)c6)C6=C(CC5C4C3=O)C(=O)C(Br)=CC6=O)cc2)c1. The highest BCUT2D eigenvalue weighted by Crippen LogP contribution is 2.56. The average Bonchev–Trinajstić information content (AvgIpc) is 3.38. The Morgan fingerprint density at radius 2 is 1.58 bits per heavy atom. The monoisotopic (exact) mass is 799 g/mol. The summed E-state index contributed by atoms with van der Waals surface area (Å²) in [5.74, 6) is -2.32. The fourth-order valence-corrected chi connectivity index (χ4v) is 8.55. The second kappa shape index (κ2) is 13.2. The summed E-state index contributed by atoms with van der Waals surface area (Å²) < 4.78 is 16.7. The van der Waals surface area contributed by atoms with Gasteiger partial charge < -0.3 is 19.3 Å². The van der Waals surface area contributed by atoms with E-state index in [-0.39, 0.29) is 45.8 Å². The zero-order valence-electron chi connectivity index (χ0n) is 27.2. The number of nitrogens with zero attached hydrogens (tertiary/aromatic N) is 1. The van der Waals surface area contributed by atoms with E-state index in [1.54, 1.807) is 38.5 Å². The summed E-state index contributed by atoms with van der Waals surface area (Å²) >= 11 is 6.66. The number of halogens is 2. The van der Waals surface area contributed by atoms with Crippen molar-refractivity contribution in [2.24, 2.45) is 17.8 Å². The van der Waals surface area contributed by atoms with Crippen molar-refractivity contribution >= 4 is 73.1 Å². The molecule has 0 bridgehead atoms. The quantitative estimate of drug-likeness (QED) is 0.114. The maximum atomic E-state index is 14.3. The van der Waals surface area contributed by atoms with Crippen LogP contribution in [0, 0.1) is 17.8 Å². The van der Waals surface area contributed by atoms with Gasteiger partial charge in [-0.1, -0.05) is 35.9 Å². The lowest BCUT2D eigenvalue weighted by atomic mass is 9.59. The molecule has 9 nitrogen and oxygen atoms in total. The Kier molecular flexibility index (Phi) is 8.90. The van der Waals surface area contributed by atoms with E-state index in [9.17, 15) is 24.3 Å². The van der Waals surface area contributed by atoms with Crippen molar-refractivity contribution in [3.63, 3.8) is 0 Å². The van der Waals surface area contributed by atoms with E-state index in [1.165, 1.54) is 18.1 Å². The number of carbonyl (C=O) groups excluding carboxylic acids is 4. The normalized spacial score (nSPS) is 23.0. The molecule has 2 amide bonds. The van der Waals surface area contributed by atoms with Crippen molar-refractivity contribution in [3.05, 3.63) is 109 Å². The number of allylic oxidation sites excluding steroid dienone is 6. The van der Waals surface area contributed by atoms with Crippen molar-refractivity contribution in [2.75, 3.05) is 26.2 Å². The molecule has 50 heavy (non-hydrogen) atoms. The number of aromatic hydroxyl groups is 1. The summed E-state index contributed by atoms with van der Waals surface area (Å²) in [5.41, 5.74) is 4.21. The third-order valence-corrected chi connectivity index (χ3v) is 11.2. The molecule has 3 aromatic carbocycles. The number of hydrogen-bond acceptors (Lipinski definition) is 8. The Morgan fingerprint density at radius 3 is 2.28 bits per heavy atom. The predicted molar refractivity (Wildman–Crippen MR) is 194 cm³/mol. The minimum Gasteiger partial charge on any atom is -0.503 e. The number of phenols is 1. The van der Waals surface area contributed by atoms with Gasteiger partial charge >= 0.3 is 0 Å². The summed E-state index contributed by atoms with van der Waals surface area (Å²) in [6.07, 6.45) is 7.49. The lowest BCUT2D eigenvalue weighted by molar-refractivity contribution is -0.123. The second-order valence-corrected chi connectivity index (χ2v) is 14.2. The highest BCUT2D eigenvalue weighted by atomic mass is 79.9. The Hall–Kier alpha value is -4.74. The summed E-state index contributed by atoms with van der Waals surface area (Å²) in [4.78, 5) is 56.7. The Labute approximate surface area is 305 Å². The first-order valence-electron chi connectivity index (χ1n) is 15.9. The minimum absolute atomic E-state index is 0.0991. The van der Waals surface area contributed by atoms with Crippen LogP contribution in [-0.2, 0) is 19.2 Å². The van der Waals surface area contributed by atoms with Crippen LogP contribution < -0.4 is 19.1 Å². The van der Waals surface area contributed by atoms with Gasteiger partial charge in [0.25, 0.3) is 0 Å². The number of phenolic OH excluding ortho intramolecular Hbond substituents is 1. The molecule has 4 atom stereocenters. The number of ketones is 2. The van der Waals surface area contributed by atoms with E-state index in [0.29, 0.717) is 44.8 Å². The molecule has 1 fully saturated rings. The standard InChI is InChI=1S/C39H31Br2NO8/c1-48-23-10-13-31(49-2)20(14-23)7-4-19-5-8-22(9-6-19)42-38(46)25-12-11-24-26(34(25)39(42)47)17-27-35(30(43)18-29(41)36(27)44)33(24)21-15-28(40)37(45)32(16-21)50-3/h4-11,13-16,18,25-26,33-34,45H,12,17H2,1-3H3. The number of imide groups is 1. The molecule has 1 saturated heterocycles. The number of hydrogen-bond donors (Lipinski definition) is 1. The van der Waals surface area contributed by atoms with Crippen LogP contribution in [-0.4, -0.2) is 49.8 Å². The molecule has 11 heteroatoms. The molecule has 1 aliphatic heterocycles. The number of fused-ring (bicyclic) bond motifs is 3. The summed E-state index contributed by atoms with van der Waals surface area (Å²) in [6, 6.07) is 16.0. The molecule has 3 aromatic rings. The molecule has 1 heterocycles. The summed E-state index contributed by atoms with van der Waals surface area (Å²) in [7, 11) is 4.63. The van der Waals surface area contributed by atoms with E-state index < -0.39 is 23.7 Å². The molecule has 0 saturated carbocycles. The van der Waals surface area contributed by atoms with Crippen LogP contribution >= 0.6 is 31.9 Å². The summed E-state index contributed by atoms with van der Waals surface area (Å²) in [6.45, 7) is 0. The molecule has 0 radical (unpaired) electrons. The molecule has 1 N–H and O–H groups in total. The first-order valence-corrected chi connectivity index (χ1v) is 17.5. The van der Waals surface area contributed by atoms with Crippen molar-refractivity contribution in [3.8, 4) is 23.0 Å². The van der Waals surface area contributed by atoms with E-state index in [1.807, 2.05) is 48.6 Å². The first kappa shape index (κ1) is 33.7. The third-order valence-electron chi connectivity index (χ3n) is 9.98. The first-order chi connectivity index (χ1) is 24.1. The third kappa shape index (κ3) is 5.52. The molecule has 0 spiro atoms.